The van der Waals surface area contributed by atoms with Crippen LogP contribution in [0.4, 0.5) is 0 Å². The highest BCUT2D eigenvalue weighted by Gasteiger charge is 2.06. The summed E-state index contributed by atoms with van der Waals surface area (Å²) in [7, 11) is 0. The zero-order chi connectivity index (χ0) is 8.97. The Morgan fingerprint density at radius 3 is 2.58 bits per heavy atom. The van der Waals surface area contributed by atoms with Crippen molar-refractivity contribution < 1.29 is 5.11 Å². The summed E-state index contributed by atoms with van der Waals surface area (Å²) in [5.41, 5.74) is 1.85. The van der Waals surface area contributed by atoms with Gasteiger partial charge in [0.1, 0.15) is 0 Å². The topological polar surface area (TPSA) is 33.1 Å². The summed E-state index contributed by atoms with van der Waals surface area (Å²) >= 11 is 0. The molecule has 0 aliphatic carbocycles. The van der Waals surface area contributed by atoms with Crippen molar-refractivity contribution in [2.45, 2.75) is 20.0 Å². The van der Waals surface area contributed by atoms with Gasteiger partial charge in [-0.15, -0.1) is 0 Å². The first-order chi connectivity index (χ1) is 5.75. The van der Waals surface area contributed by atoms with Gasteiger partial charge in [-0.2, -0.15) is 0 Å². The minimum atomic E-state index is -0.488. The molecule has 64 valence electrons. The fraction of sp³-hybridized carbons (Fsp3) is 0.300. The molecule has 1 N–H and O–H groups in total. The van der Waals surface area contributed by atoms with Crippen LogP contribution >= 0.6 is 0 Å². The molecule has 0 bridgehead atoms. The van der Waals surface area contributed by atoms with Crippen LogP contribution in [0.15, 0.2) is 36.2 Å². The zero-order valence-electron chi connectivity index (χ0n) is 7.36. The summed E-state index contributed by atoms with van der Waals surface area (Å²) in [4.78, 5) is 3.88. The van der Waals surface area contributed by atoms with Crippen LogP contribution in [0.1, 0.15) is 25.5 Å². The molecule has 0 saturated carbocycles. The number of hydrogen-bond acceptors (Lipinski definition) is 2. The molecule has 1 atom stereocenters. The van der Waals surface area contributed by atoms with Crippen molar-refractivity contribution in [2.75, 3.05) is 0 Å². The zero-order valence-corrected chi connectivity index (χ0v) is 7.36. The summed E-state index contributed by atoms with van der Waals surface area (Å²) in [5.74, 6) is 0. The Hall–Kier alpha value is -1.15. The summed E-state index contributed by atoms with van der Waals surface area (Å²) in [5, 5.41) is 9.69. The number of rotatable bonds is 2. The average Bonchev–Trinajstić information content (AvgIpc) is 2.17. The van der Waals surface area contributed by atoms with Crippen molar-refractivity contribution in [1.29, 1.82) is 0 Å². The molecule has 0 radical (unpaired) electrons. The maximum absolute atomic E-state index is 9.69. The number of aromatic nitrogens is 1. The van der Waals surface area contributed by atoms with E-state index in [2.05, 4.69) is 4.98 Å². The highest BCUT2D eigenvalue weighted by molar-refractivity contribution is 5.22. The van der Waals surface area contributed by atoms with Crippen molar-refractivity contribution in [2.24, 2.45) is 0 Å². The van der Waals surface area contributed by atoms with E-state index >= 15 is 0 Å². The lowest BCUT2D eigenvalue weighted by atomic mass is 10.0. The van der Waals surface area contributed by atoms with Crippen LogP contribution < -0.4 is 0 Å². The Balaban J connectivity index is 2.86. The second kappa shape index (κ2) is 4.02. The van der Waals surface area contributed by atoms with Gasteiger partial charge in [0.25, 0.3) is 0 Å². The number of allylic oxidation sites excluding steroid dienone is 1. The lowest BCUT2D eigenvalue weighted by Gasteiger charge is -2.10. The SMILES string of the molecule is C/C=C(/C)C(O)c1ccncc1. The lowest BCUT2D eigenvalue weighted by Crippen LogP contribution is -1.98. The van der Waals surface area contributed by atoms with Gasteiger partial charge >= 0.3 is 0 Å². The first kappa shape index (κ1) is 8.94. The van der Waals surface area contributed by atoms with Gasteiger partial charge < -0.3 is 5.11 Å². The van der Waals surface area contributed by atoms with Gasteiger partial charge in [0.2, 0.25) is 0 Å². The molecule has 1 aromatic heterocycles. The molecule has 0 amide bonds. The van der Waals surface area contributed by atoms with Gasteiger partial charge in [0.05, 0.1) is 6.10 Å². The number of nitrogens with zero attached hydrogens (tertiary/aromatic N) is 1. The van der Waals surface area contributed by atoms with E-state index in [9.17, 15) is 5.11 Å². The maximum atomic E-state index is 9.69. The molecule has 0 spiro atoms. The molecule has 1 heterocycles. The maximum Gasteiger partial charge on any atom is 0.0999 e. The van der Waals surface area contributed by atoms with Gasteiger partial charge in [0, 0.05) is 12.4 Å². The molecule has 0 aromatic carbocycles. The first-order valence-electron chi connectivity index (χ1n) is 3.96. The second-order valence-corrected chi connectivity index (χ2v) is 2.72. The van der Waals surface area contributed by atoms with Crippen LogP contribution in [0, 0.1) is 0 Å². The smallest absolute Gasteiger partial charge is 0.0999 e. The monoisotopic (exact) mass is 163 g/mol. The summed E-state index contributed by atoms with van der Waals surface area (Å²) in [6, 6.07) is 3.63. The predicted molar refractivity (Wildman–Crippen MR) is 48.6 cm³/mol. The van der Waals surface area contributed by atoms with E-state index < -0.39 is 6.10 Å². The highest BCUT2D eigenvalue weighted by Crippen LogP contribution is 2.19. The number of pyridine rings is 1. The van der Waals surface area contributed by atoms with Crippen LogP contribution in [0.2, 0.25) is 0 Å². The third-order valence-corrected chi connectivity index (χ3v) is 1.91. The summed E-state index contributed by atoms with van der Waals surface area (Å²) < 4.78 is 0. The quantitative estimate of drug-likeness (QED) is 0.677. The Morgan fingerprint density at radius 1 is 1.50 bits per heavy atom. The van der Waals surface area contributed by atoms with Crippen LogP contribution in [0.3, 0.4) is 0 Å². The molecule has 2 nitrogen and oxygen atoms in total. The van der Waals surface area contributed by atoms with E-state index in [1.807, 2.05) is 32.1 Å². The molecule has 0 saturated heterocycles. The largest absolute Gasteiger partial charge is 0.384 e. The fourth-order valence-corrected chi connectivity index (χ4v) is 0.966. The van der Waals surface area contributed by atoms with Crippen LogP contribution in [0.5, 0.6) is 0 Å². The van der Waals surface area contributed by atoms with Gasteiger partial charge in [-0.25, -0.2) is 0 Å². The number of aliphatic hydroxyl groups is 1. The molecular weight excluding hydrogens is 150 g/mol. The molecule has 1 unspecified atom stereocenters. The number of hydrogen-bond donors (Lipinski definition) is 1. The minimum Gasteiger partial charge on any atom is -0.384 e. The molecule has 1 aromatic rings. The predicted octanol–water partition coefficient (Wildman–Crippen LogP) is 2.08. The Labute approximate surface area is 72.6 Å². The third-order valence-electron chi connectivity index (χ3n) is 1.91. The second-order valence-electron chi connectivity index (χ2n) is 2.72. The molecule has 0 aliphatic heterocycles. The summed E-state index contributed by atoms with van der Waals surface area (Å²) in [6.07, 6.45) is 4.78. The Bertz CT molecular complexity index is 266. The molecular formula is C10H13NO. The van der Waals surface area contributed by atoms with Gasteiger partial charge in [-0.3, -0.25) is 4.98 Å². The molecule has 2 heteroatoms. The summed E-state index contributed by atoms with van der Waals surface area (Å²) in [6.45, 7) is 3.82. The standard InChI is InChI=1S/C10H13NO/c1-3-8(2)10(12)9-4-6-11-7-5-9/h3-7,10,12H,1-2H3/b8-3-. The van der Waals surface area contributed by atoms with Crippen molar-refractivity contribution in [1.82, 2.24) is 4.98 Å². The van der Waals surface area contributed by atoms with Gasteiger partial charge in [0.15, 0.2) is 0 Å². The number of aliphatic hydroxyl groups excluding tert-OH is 1. The fourth-order valence-electron chi connectivity index (χ4n) is 0.966. The minimum absolute atomic E-state index is 0.488. The van der Waals surface area contributed by atoms with Crippen molar-refractivity contribution >= 4 is 0 Å². The van der Waals surface area contributed by atoms with E-state index in [0.29, 0.717) is 0 Å². The van der Waals surface area contributed by atoms with E-state index in [1.165, 1.54) is 0 Å². The Kier molecular flexibility index (Phi) is 3.00. The molecule has 0 aliphatic rings. The van der Waals surface area contributed by atoms with Crippen molar-refractivity contribution in [3.05, 3.63) is 41.7 Å². The lowest BCUT2D eigenvalue weighted by molar-refractivity contribution is 0.215. The average molecular weight is 163 g/mol. The first-order valence-corrected chi connectivity index (χ1v) is 3.96. The Morgan fingerprint density at radius 2 is 2.08 bits per heavy atom. The van der Waals surface area contributed by atoms with Crippen molar-refractivity contribution in [3.63, 3.8) is 0 Å². The molecule has 1 rings (SSSR count). The normalized spacial score (nSPS) is 14.4. The van der Waals surface area contributed by atoms with Crippen LogP contribution in [-0.2, 0) is 0 Å². The van der Waals surface area contributed by atoms with Gasteiger partial charge in [-0.1, -0.05) is 6.08 Å². The van der Waals surface area contributed by atoms with E-state index in [1.54, 1.807) is 12.4 Å². The van der Waals surface area contributed by atoms with Crippen LogP contribution in [0.25, 0.3) is 0 Å². The third kappa shape index (κ3) is 1.92. The van der Waals surface area contributed by atoms with Gasteiger partial charge in [-0.05, 0) is 37.1 Å². The van der Waals surface area contributed by atoms with E-state index in [0.717, 1.165) is 11.1 Å². The molecule has 0 fully saturated rings. The van der Waals surface area contributed by atoms with Crippen molar-refractivity contribution in [3.8, 4) is 0 Å². The van der Waals surface area contributed by atoms with Crippen LogP contribution in [-0.4, -0.2) is 10.1 Å². The van der Waals surface area contributed by atoms with E-state index in [4.69, 9.17) is 0 Å². The van der Waals surface area contributed by atoms with E-state index in [-0.39, 0.29) is 0 Å². The molecule has 12 heavy (non-hydrogen) atoms. The highest BCUT2D eigenvalue weighted by atomic mass is 16.3.